The van der Waals surface area contributed by atoms with Gasteiger partial charge in [-0.25, -0.2) is 0 Å². The van der Waals surface area contributed by atoms with Crippen molar-refractivity contribution in [3.05, 3.63) is 29.8 Å². The van der Waals surface area contributed by atoms with Crippen LogP contribution in [0, 0.1) is 0 Å². The number of hydrogen-bond donors (Lipinski definition) is 3. The SMILES string of the molecule is NC(=O)CN(Cc1ccc(N)cc1)C1CCCCNC1=O. The molecule has 1 atom stereocenters. The number of nitrogens with two attached hydrogens (primary N) is 2. The Labute approximate surface area is 124 Å². The molecule has 2 rings (SSSR count). The Bertz CT molecular complexity index is 501. The first-order chi connectivity index (χ1) is 10.1. The van der Waals surface area contributed by atoms with Gasteiger partial charge in [0, 0.05) is 18.8 Å². The number of rotatable bonds is 5. The molecule has 2 amide bonds. The van der Waals surface area contributed by atoms with E-state index in [0.717, 1.165) is 24.8 Å². The molecular weight excluding hydrogens is 268 g/mol. The van der Waals surface area contributed by atoms with Gasteiger partial charge < -0.3 is 16.8 Å². The summed E-state index contributed by atoms with van der Waals surface area (Å²) in [6, 6.07) is 7.11. The number of nitrogens with one attached hydrogen (secondary N) is 1. The van der Waals surface area contributed by atoms with Crippen LogP contribution in [0.1, 0.15) is 24.8 Å². The van der Waals surface area contributed by atoms with Gasteiger partial charge in [0.2, 0.25) is 11.8 Å². The first kappa shape index (κ1) is 15.3. The van der Waals surface area contributed by atoms with E-state index in [-0.39, 0.29) is 18.5 Å². The van der Waals surface area contributed by atoms with Crippen LogP contribution in [-0.4, -0.2) is 35.8 Å². The number of carbonyl (C=O) groups excluding carboxylic acids is 2. The molecule has 0 spiro atoms. The van der Waals surface area contributed by atoms with Crippen LogP contribution in [0.25, 0.3) is 0 Å². The Morgan fingerprint density at radius 1 is 1.29 bits per heavy atom. The van der Waals surface area contributed by atoms with Crippen LogP contribution >= 0.6 is 0 Å². The van der Waals surface area contributed by atoms with Crippen molar-refractivity contribution in [2.24, 2.45) is 5.73 Å². The second kappa shape index (κ2) is 7.08. The second-order valence-electron chi connectivity index (χ2n) is 5.42. The fourth-order valence-electron chi connectivity index (χ4n) is 2.61. The summed E-state index contributed by atoms with van der Waals surface area (Å²) in [5.41, 5.74) is 12.7. The van der Waals surface area contributed by atoms with E-state index in [9.17, 15) is 9.59 Å². The Morgan fingerprint density at radius 2 is 2.00 bits per heavy atom. The van der Waals surface area contributed by atoms with Crippen LogP contribution < -0.4 is 16.8 Å². The molecule has 6 heteroatoms. The van der Waals surface area contributed by atoms with E-state index >= 15 is 0 Å². The van der Waals surface area contributed by atoms with Crippen molar-refractivity contribution >= 4 is 17.5 Å². The van der Waals surface area contributed by atoms with E-state index in [1.165, 1.54) is 0 Å². The third kappa shape index (κ3) is 4.46. The van der Waals surface area contributed by atoms with Gasteiger partial charge in [0.05, 0.1) is 12.6 Å². The largest absolute Gasteiger partial charge is 0.399 e. The molecule has 1 aliphatic rings. The summed E-state index contributed by atoms with van der Waals surface area (Å²) in [7, 11) is 0. The summed E-state index contributed by atoms with van der Waals surface area (Å²) in [5.74, 6) is -0.452. The lowest BCUT2D eigenvalue weighted by molar-refractivity contribution is -0.128. The van der Waals surface area contributed by atoms with Gasteiger partial charge in [-0.2, -0.15) is 0 Å². The van der Waals surface area contributed by atoms with Crippen molar-refractivity contribution in [3.8, 4) is 0 Å². The molecule has 5 N–H and O–H groups in total. The van der Waals surface area contributed by atoms with Crippen molar-refractivity contribution in [2.75, 3.05) is 18.8 Å². The van der Waals surface area contributed by atoms with Crippen molar-refractivity contribution in [1.82, 2.24) is 10.2 Å². The summed E-state index contributed by atoms with van der Waals surface area (Å²) in [6.45, 7) is 1.27. The van der Waals surface area contributed by atoms with Gasteiger partial charge in [-0.3, -0.25) is 14.5 Å². The highest BCUT2D eigenvalue weighted by atomic mass is 16.2. The minimum absolute atomic E-state index is 0.0239. The molecule has 1 unspecified atom stereocenters. The Hall–Kier alpha value is -2.08. The van der Waals surface area contributed by atoms with Gasteiger partial charge >= 0.3 is 0 Å². The van der Waals surface area contributed by atoms with E-state index in [1.54, 1.807) is 0 Å². The third-order valence-corrected chi connectivity index (χ3v) is 3.67. The monoisotopic (exact) mass is 290 g/mol. The van der Waals surface area contributed by atoms with Crippen LogP contribution in [0.4, 0.5) is 5.69 Å². The Morgan fingerprint density at radius 3 is 2.67 bits per heavy atom. The average molecular weight is 290 g/mol. The molecule has 21 heavy (non-hydrogen) atoms. The van der Waals surface area contributed by atoms with Crippen LogP contribution in [0.5, 0.6) is 0 Å². The Balaban J connectivity index is 2.14. The molecule has 0 saturated carbocycles. The molecule has 6 nitrogen and oxygen atoms in total. The zero-order valence-corrected chi connectivity index (χ0v) is 12.0. The minimum atomic E-state index is -0.428. The van der Waals surface area contributed by atoms with E-state index < -0.39 is 5.91 Å². The van der Waals surface area contributed by atoms with Gasteiger partial charge in [0.25, 0.3) is 0 Å². The van der Waals surface area contributed by atoms with Crippen molar-refractivity contribution in [2.45, 2.75) is 31.8 Å². The van der Waals surface area contributed by atoms with E-state index in [4.69, 9.17) is 11.5 Å². The predicted molar refractivity (Wildman–Crippen MR) is 81.1 cm³/mol. The van der Waals surface area contributed by atoms with Crippen molar-refractivity contribution in [3.63, 3.8) is 0 Å². The maximum Gasteiger partial charge on any atom is 0.237 e. The summed E-state index contributed by atoms with van der Waals surface area (Å²) in [6.07, 6.45) is 2.67. The average Bonchev–Trinajstić information content (AvgIpc) is 2.65. The van der Waals surface area contributed by atoms with Gasteiger partial charge in [-0.1, -0.05) is 12.1 Å². The molecule has 1 aliphatic heterocycles. The molecule has 1 aromatic carbocycles. The summed E-state index contributed by atoms with van der Waals surface area (Å²) in [5, 5.41) is 2.89. The van der Waals surface area contributed by atoms with Crippen LogP contribution in [-0.2, 0) is 16.1 Å². The lowest BCUT2D eigenvalue weighted by atomic mass is 10.1. The molecule has 0 radical (unpaired) electrons. The summed E-state index contributed by atoms with van der Waals surface area (Å²) >= 11 is 0. The number of carbonyl (C=O) groups is 2. The first-order valence-electron chi connectivity index (χ1n) is 7.21. The quantitative estimate of drug-likeness (QED) is 0.675. The number of primary amides is 1. The van der Waals surface area contributed by atoms with Crippen LogP contribution in [0.3, 0.4) is 0 Å². The standard InChI is InChI=1S/C15H22N4O2/c16-12-6-4-11(5-7-12)9-19(10-14(17)20)13-3-1-2-8-18-15(13)21/h4-7,13H,1-3,8-10,16H2,(H2,17,20)(H,18,21). The van der Waals surface area contributed by atoms with E-state index in [2.05, 4.69) is 5.32 Å². The normalized spacial score (nSPS) is 19.1. The summed E-state index contributed by atoms with van der Waals surface area (Å²) in [4.78, 5) is 25.3. The van der Waals surface area contributed by atoms with Gasteiger partial charge in [-0.15, -0.1) is 0 Å². The first-order valence-corrected chi connectivity index (χ1v) is 7.21. The highest BCUT2D eigenvalue weighted by Gasteiger charge is 2.28. The number of anilines is 1. The zero-order valence-electron chi connectivity index (χ0n) is 12.0. The number of nitrogens with zero attached hydrogens (tertiary/aromatic N) is 1. The number of benzene rings is 1. The smallest absolute Gasteiger partial charge is 0.237 e. The highest BCUT2D eigenvalue weighted by Crippen LogP contribution is 2.16. The molecule has 114 valence electrons. The summed E-state index contributed by atoms with van der Waals surface area (Å²) < 4.78 is 0. The molecular formula is C15H22N4O2. The zero-order chi connectivity index (χ0) is 15.2. The van der Waals surface area contributed by atoms with Gasteiger partial charge in [-0.05, 0) is 37.0 Å². The molecule has 0 bridgehead atoms. The predicted octanol–water partition coefficient (Wildman–Crippen LogP) is 0.225. The molecule has 1 fully saturated rings. The van der Waals surface area contributed by atoms with Crippen LogP contribution in [0.15, 0.2) is 24.3 Å². The number of hydrogen-bond acceptors (Lipinski definition) is 4. The maximum absolute atomic E-state index is 12.2. The third-order valence-electron chi connectivity index (χ3n) is 3.67. The fraction of sp³-hybridized carbons (Fsp3) is 0.467. The molecule has 0 aliphatic carbocycles. The van der Waals surface area contributed by atoms with Crippen LogP contribution in [0.2, 0.25) is 0 Å². The highest BCUT2D eigenvalue weighted by molar-refractivity contribution is 5.83. The molecule has 1 saturated heterocycles. The number of nitrogen functional groups attached to an aromatic ring is 1. The Kier molecular flexibility index (Phi) is 5.16. The minimum Gasteiger partial charge on any atom is -0.399 e. The topological polar surface area (TPSA) is 101 Å². The van der Waals surface area contributed by atoms with Crippen molar-refractivity contribution in [1.29, 1.82) is 0 Å². The second-order valence-corrected chi connectivity index (χ2v) is 5.42. The van der Waals surface area contributed by atoms with Crippen molar-refractivity contribution < 1.29 is 9.59 Å². The van der Waals surface area contributed by atoms with Gasteiger partial charge in [0.1, 0.15) is 0 Å². The molecule has 1 aromatic rings. The lowest BCUT2D eigenvalue weighted by Crippen LogP contribution is -2.48. The fourth-order valence-corrected chi connectivity index (χ4v) is 2.61. The number of amides is 2. The molecule has 1 heterocycles. The lowest BCUT2D eigenvalue weighted by Gasteiger charge is -2.28. The molecule has 0 aromatic heterocycles. The van der Waals surface area contributed by atoms with E-state index in [0.29, 0.717) is 18.8 Å². The van der Waals surface area contributed by atoms with E-state index in [1.807, 2.05) is 29.2 Å². The van der Waals surface area contributed by atoms with Gasteiger partial charge in [0.15, 0.2) is 0 Å². The maximum atomic E-state index is 12.2.